The minimum Gasteiger partial charge on any atom is -0.359 e. The van der Waals surface area contributed by atoms with Crippen LogP contribution >= 0.6 is 11.6 Å². The van der Waals surface area contributed by atoms with Gasteiger partial charge < -0.3 is 9.84 Å². The molecule has 0 radical (unpaired) electrons. The van der Waals surface area contributed by atoms with Crippen molar-refractivity contribution in [3.8, 4) is 0 Å². The third-order valence-corrected chi connectivity index (χ3v) is 2.71. The highest BCUT2D eigenvalue weighted by molar-refractivity contribution is 6.16. The van der Waals surface area contributed by atoms with Crippen LogP contribution in [0.2, 0.25) is 0 Å². The summed E-state index contributed by atoms with van der Waals surface area (Å²) in [6, 6.07) is 2.75. The summed E-state index contributed by atoms with van der Waals surface area (Å²) in [5, 5.41) is 5.77. The van der Waals surface area contributed by atoms with Crippen LogP contribution in [-0.4, -0.2) is 11.1 Å². The van der Waals surface area contributed by atoms with Crippen LogP contribution in [0.4, 0.5) is 13.2 Å². The standard InChI is InChI=1S/C12H8ClF3N2O2/c13-4-6-3-7(20-18-6)5-17-12(19)10-8(14)1-2-9(15)11(10)16/h1-3H,4-5H2,(H,17,19). The number of alkyl halides is 1. The van der Waals surface area contributed by atoms with Gasteiger partial charge in [0.05, 0.1) is 18.1 Å². The SMILES string of the molecule is O=C(NCc1cc(CCl)no1)c1c(F)ccc(F)c1F. The summed E-state index contributed by atoms with van der Waals surface area (Å²) in [4.78, 5) is 11.6. The summed E-state index contributed by atoms with van der Waals surface area (Å²) in [7, 11) is 0. The zero-order chi connectivity index (χ0) is 14.7. The average Bonchev–Trinajstić information content (AvgIpc) is 2.89. The van der Waals surface area contributed by atoms with Crippen molar-refractivity contribution in [3.63, 3.8) is 0 Å². The lowest BCUT2D eigenvalue weighted by atomic mass is 10.1. The summed E-state index contributed by atoms with van der Waals surface area (Å²) in [6.07, 6.45) is 0. The van der Waals surface area contributed by atoms with E-state index in [1.54, 1.807) is 0 Å². The highest BCUT2D eigenvalue weighted by Crippen LogP contribution is 2.16. The second kappa shape index (κ2) is 5.96. The van der Waals surface area contributed by atoms with Crippen LogP contribution in [-0.2, 0) is 12.4 Å². The lowest BCUT2D eigenvalue weighted by Crippen LogP contribution is -2.25. The summed E-state index contributed by atoms with van der Waals surface area (Å²) >= 11 is 5.51. The summed E-state index contributed by atoms with van der Waals surface area (Å²) < 4.78 is 44.5. The molecule has 1 aromatic heterocycles. The maximum atomic E-state index is 13.4. The molecular weight excluding hydrogens is 297 g/mol. The number of amides is 1. The Hall–Kier alpha value is -2.02. The van der Waals surface area contributed by atoms with Gasteiger partial charge in [0.1, 0.15) is 11.4 Å². The number of hydrogen-bond acceptors (Lipinski definition) is 3. The molecule has 1 aromatic carbocycles. The molecule has 0 atom stereocenters. The van der Waals surface area contributed by atoms with Gasteiger partial charge in [0.25, 0.3) is 5.91 Å². The van der Waals surface area contributed by atoms with E-state index in [-0.39, 0.29) is 18.2 Å². The first-order valence-corrected chi connectivity index (χ1v) is 5.98. The Bertz CT molecular complexity index is 646. The minimum atomic E-state index is -1.54. The van der Waals surface area contributed by atoms with Crippen LogP contribution < -0.4 is 5.32 Å². The lowest BCUT2D eigenvalue weighted by molar-refractivity contribution is 0.0937. The molecular formula is C12H8ClF3N2O2. The van der Waals surface area contributed by atoms with Gasteiger partial charge in [-0.15, -0.1) is 11.6 Å². The van der Waals surface area contributed by atoms with E-state index >= 15 is 0 Å². The molecule has 4 nitrogen and oxygen atoms in total. The Balaban J connectivity index is 2.11. The van der Waals surface area contributed by atoms with Crippen LogP contribution in [0.15, 0.2) is 22.7 Å². The van der Waals surface area contributed by atoms with Crippen molar-refractivity contribution in [1.82, 2.24) is 10.5 Å². The van der Waals surface area contributed by atoms with Crippen LogP contribution in [0.5, 0.6) is 0 Å². The summed E-state index contributed by atoms with van der Waals surface area (Å²) in [6.45, 7) is -0.155. The van der Waals surface area contributed by atoms with Crippen LogP contribution in [0.25, 0.3) is 0 Å². The second-order valence-electron chi connectivity index (χ2n) is 3.82. The van der Waals surface area contributed by atoms with Crippen LogP contribution in [0, 0.1) is 17.5 Å². The molecule has 0 aliphatic carbocycles. The molecule has 0 aliphatic heterocycles. The number of benzene rings is 1. The molecule has 0 saturated heterocycles. The van der Waals surface area contributed by atoms with Crippen molar-refractivity contribution in [2.45, 2.75) is 12.4 Å². The van der Waals surface area contributed by atoms with Crippen molar-refractivity contribution in [2.75, 3.05) is 0 Å². The molecule has 20 heavy (non-hydrogen) atoms. The van der Waals surface area contributed by atoms with Gasteiger partial charge in [0, 0.05) is 6.07 Å². The number of aromatic nitrogens is 1. The first-order chi connectivity index (χ1) is 9.52. The molecule has 0 saturated carbocycles. The van der Waals surface area contributed by atoms with E-state index in [2.05, 4.69) is 10.5 Å². The largest absolute Gasteiger partial charge is 0.359 e. The minimum absolute atomic E-state index is 0.130. The molecule has 2 aromatic rings. The summed E-state index contributed by atoms with van der Waals surface area (Å²) in [5.74, 6) is -4.71. The average molecular weight is 305 g/mol. The normalized spacial score (nSPS) is 10.6. The molecule has 8 heteroatoms. The Labute approximate surface area is 116 Å². The number of carbonyl (C=O) groups is 1. The topological polar surface area (TPSA) is 55.1 Å². The third kappa shape index (κ3) is 2.93. The monoisotopic (exact) mass is 304 g/mol. The van der Waals surface area contributed by atoms with E-state index in [0.29, 0.717) is 17.8 Å². The van der Waals surface area contributed by atoms with Crippen LogP contribution in [0.3, 0.4) is 0 Å². The number of halogens is 4. The molecule has 1 heterocycles. The van der Waals surface area contributed by atoms with Gasteiger partial charge in [-0.1, -0.05) is 5.16 Å². The zero-order valence-corrected chi connectivity index (χ0v) is 10.7. The number of hydrogen-bond donors (Lipinski definition) is 1. The lowest BCUT2D eigenvalue weighted by Gasteiger charge is -2.05. The Morgan fingerprint density at radius 2 is 2.00 bits per heavy atom. The van der Waals surface area contributed by atoms with Crippen molar-refractivity contribution in [1.29, 1.82) is 0 Å². The predicted octanol–water partition coefficient (Wildman–Crippen LogP) is 2.76. The number of carbonyl (C=O) groups excluding carboxylic acids is 1. The Kier molecular flexibility index (Phi) is 4.29. The van der Waals surface area contributed by atoms with Gasteiger partial charge in [-0.3, -0.25) is 4.79 Å². The van der Waals surface area contributed by atoms with Gasteiger partial charge >= 0.3 is 0 Å². The van der Waals surface area contributed by atoms with Crippen molar-refractivity contribution < 1.29 is 22.5 Å². The van der Waals surface area contributed by atoms with Gasteiger partial charge in [0.15, 0.2) is 17.4 Å². The fourth-order valence-electron chi connectivity index (χ4n) is 1.49. The van der Waals surface area contributed by atoms with E-state index in [1.807, 2.05) is 0 Å². The van der Waals surface area contributed by atoms with Crippen molar-refractivity contribution >= 4 is 17.5 Å². The molecule has 1 amide bonds. The highest BCUT2D eigenvalue weighted by atomic mass is 35.5. The molecule has 0 bridgehead atoms. The number of nitrogens with one attached hydrogen (secondary N) is 1. The molecule has 0 aliphatic rings. The van der Waals surface area contributed by atoms with Gasteiger partial charge in [-0.25, -0.2) is 13.2 Å². The smallest absolute Gasteiger partial charge is 0.257 e. The van der Waals surface area contributed by atoms with Crippen molar-refractivity contribution in [3.05, 3.63) is 52.7 Å². The molecule has 1 N–H and O–H groups in total. The first kappa shape index (κ1) is 14.4. The highest BCUT2D eigenvalue weighted by Gasteiger charge is 2.20. The van der Waals surface area contributed by atoms with E-state index in [0.717, 1.165) is 0 Å². The van der Waals surface area contributed by atoms with Crippen LogP contribution in [0.1, 0.15) is 21.8 Å². The van der Waals surface area contributed by atoms with E-state index in [4.69, 9.17) is 16.1 Å². The van der Waals surface area contributed by atoms with Crippen molar-refractivity contribution in [2.24, 2.45) is 0 Å². The van der Waals surface area contributed by atoms with Gasteiger partial charge in [0.2, 0.25) is 0 Å². The maximum absolute atomic E-state index is 13.4. The molecule has 0 unspecified atom stereocenters. The van der Waals surface area contributed by atoms with E-state index in [1.165, 1.54) is 6.07 Å². The fourth-order valence-corrected chi connectivity index (χ4v) is 1.62. The Morgan fingerprint density at radius 3 is 2.65 bits per heavy atom. The fraction of sp³-hybridized carbons (Fsp3) is 0.167. The quantitative estimate of drug-likeness (QED) is 0.698. The molecule has 0 fully saturated rings. The number of nitrogens with zero attached hydrogens (tertiary/aromatic N) is 1. The van der Waals surface area contributed by atoms with Gasteiger partial charge in [-0.2, -0.15) is 0 Å². The Morgan fingerprint density at radius 1 is 1.30 bits per heavy atom. The van der Waals surface area contributed by atoms with E-state index in [9.17, 15) is 18.0 Å². The van der Waals surface area contributed by atoms with Gasteiger partial charge in [-0.05, 0) is 12.1 Å². The molecule has 2 rings (SSSR count). The first-order valence-electron chi connectivity index (χ1n) is 5.45. The van der Waals surface area contributed by atoms with E-state index < -0.39 is 28.9 Å². The molecule has 0 spiro atoms. The maximum Gasteiger partial charge on any atom is 0.257 e. The zero-order valence-electron chi connectivity index (χ0n) is 9.92. The summed E-state index contributed by atoms with van der Waals surface area (Å²) in [5.41, 5.74) is -0.527. The predicted molar refractivity (Wildman–Crippen MR) is 63.5 cm³/mol. The second-order valence-corrected chi connectivity index (χ2v) is 4.09. The number of rotatable bonds is 4. The molecule has 106 valence electrons. The third-order valence-electron chi connectivity index (χ3n) is 2.44.